The van der Waals surface area contributed by atoms with Crippen molar-refractivity contribution >= 4 is 6.09 Å². The van der Waals surface area contributed by atoms with Gasteiger partial charge in [-0.2, -0.15) is 0 Å². The average molecular weight is 290 g/mol. The summed E-state index contributed by atoms with van der Waals surface area (Å²) in [4.78, 5) is 11.8. The van der Waals surface area contributed by atoms with Gasteiger partial charge in [-0.05, 0) is 45.2 Å². The minimum absolute atomic E-state index is 0.326. The smallest absolute Gasteiger partial charge is 0.407 e. The molecule has 1 aromatic rings. The molecule has 0 aliphatic carbocycles. The van der Waals surface area contributed by atoms with Crippen LogP contribution in [0.1, 0.15) is 38.7 Å². The van der Waals surface area contributed by atoms with Crippen molar-refractivity contribution in [3.05, 3.63) is 35.9 Å². The Morgan fingerprint density at radius 1 is 1.33 bits per heavy atom. The van der Waals surface area contributed by atoms with Crippen LogP contribution < -0.4 is 10.6 Å². The Kier molecular flexibility index (Phi) is 5.23. The molecule has 2 atom stereocenters. The number of rotatable bonds is 3. The van der Waals surface area contributed by atoms with Crippen molar-refractivity contribution in [1.29, 1.82) is 0 Å². The highest BCUT2D eigenvalue weighted by molar-refractivity contribution is 5.67. The van der Waals surface area contributed by atoms with E-state index < -0.39 is 5.60 Å². The largest absolute Gasteiger partial charge is 0.444 e. The van der Waals surface area contributed by atoms with Gasteiger partial charge in [0.1, 0.15) is 5.60 Å². The van der Waals surface area contributed by atoms with Gasteiger partial charge in [0.05, 0.1) is 0 Å². The molecule has 1 aliphatic rings. The molecule has 0 aromatic heterocycles. The van der Waals surface area contributed by atoms with Gasteiger partial charge < -0.3 is 15.4 Å². The van der Waals surface area contributed by atoms with E-state index in [1.807, 2.05) is 26.8 Å². The standard InChI is InChI=1S/C17H26N2O2/c1-17(2,3)21-16(20)19-11-14-9-10-18-12-15(14)13-7-5-4-6-8-13/h4-8,14-15,18H,9-12H2,1-3H3,(H,19,20). The normalized spacial score (nSPS) is 22.6. The monoisotopic (exact) mass is 290 g/mol. The maximum Gasteiger partial charge on any atom is 0.407 e. The van der Waals surface area contributed by atoms with Crippen LogP contribution in [0.15, 0.2) is 30.3 Å². The fraction of sp³-hybridized carbons (Fsp3) is 0.588. The van der Waals surface area contributed by atoms with Gasteiger partial charge in [-0.3, -0.25) is 0 Å². The Labute approximate surface area is 127 Å². The van der Waals surface area contributed by atoms with Gasteiger partial charge in [-0.25, -0.2) is 4.79 Å². The Bertz CT molecular complexity index is 454. The second-order valence-electron chi connectivity index (χ2n) is 6.65. The van der Waals surface area contributed by atoms with Crippen molar-refractivity contribution in [2.45, 2.75) is 38.7 Å². The lowest BCUT2D eigenvalue weighted by Gasteiger charge is -2.33. The van der Waals surface area contributed by atoms with Gasteiger partial charge in [-0.1, -0.05) is 30.3 Å². The first-order valence-electron chi connectivity index (χ1n) is 7.68. The van der Waals surface area contributed by atoms with E-state index in [1.54, 1.807) is 0 Å². The van der Waals surface area contributed by atoms with Gasteiger partial charge in [0.25, 0.3) is 0 Å². The van der Waals surface area contributed by atoms with Crippen LogP contribution in [0, 0.1) is 5.92 Å². The molecule has 1 fully saturated rings. The molecule has 1 heterocycles. The Morgan fingerprint density at radius 3 is 2.71 bits per heavy atom. The van der Waals surface area contributed by atoms with Crippen LogP contribution in [0.5, 0.6) is 0 Å². The number of alkyl carbamates (subject to hydrolysis) is 1. The van der Waals surface area contributed by atoms with Crippen LogP contribution in [-0.4, -0.2) is 31.3 Å². The number of carbonyl (C=O) groups is 1. The molecule has 0 bridgehead atoms. The fourth-order valence-electron chi connectivity index (χ4n) is 2.78. The van der Waals surface area contributed by atoms with Crippen molar-refractivity contribution in [3.8, 4) is 0 Å². The second kappa shape index (κ2) is 6.94. The topological polar surface area (TPSA) is 50.4 Å². The quantitative estimate of drug-likeness (QED) is 0.900. The average Bonchev–Trinajstić information content (AvgIpc) is 2.45. The Hall–Kier alpha value is -1.55. The molecule has 4 heteroatoms. The molecule has 21 heavy (non-hydrogen) atoms. The first-order valence-corrected chi connectivity index (χ1v) is 7.68. The molecule has 0 radical (unpaired) electrons. The predicted molar refractivity (Wildman–Crippen MR) is 84.4 cm³/mol. The van der Waals surface area contributed by atoms with Crippen molar-refractivity contribution in [2.24, 2.45) is 5.92 Å². The van der Waals surface area contributed by atoms with Gasteiger partial charge in [0.15, 0.2) is 0 Å². The van der Waals surface area contributed by atoms with E-state index in [2.05, 4.69) is 34.9 Å². The van der Waals surface area contributed by atoms with Crippen molar-refractivity contribution in [2.75, 3.05) is 19.6 Å². The fourth-order valence-corrected chi connectivity index (χ4v) is 2.78. The highest BCUT2D eigenvalue weighted by Crippen LogP contribution is 2.28. The molecule has 1 aliphatic heterocycles. The van der Waals surface area contributed by atoms with Crippen molar-refractivity contribution < 1.29 is 9.53 Å². The summed E-state index contributed by atoms with van der Waals surface area (Å²) in [5, 5.41) is 6.36. The number of benzene rings is 1. The van der Waals surface area contributed by atoms with E-state index in [1.165, 1.54) is 5.56 Å². The summed E-state index contributed by atoms with van der Waals surface area (Å²) in [6, 6.07) is 10.5. The number of amides is 1. The van der Waals surface area contributed by atoms with E-state index in [0.717, 1.165) is 19.5 Å². The summed E-state index contributed by atoms with van der Waals surface area (Å²) in [6.45, 7) is 8.27. The summed E-state index contributed by atoms with van der Waals surface area (Å²) in [5.41, 5.74) is 0.887. The van der Waals surface area contributed by atoms with Crippen LogP contribution in [0.2, 0.25) is 0 Å². The van der Waals surface area contributed by atoms with Crippen molar-refractivity contribution in [1.82, 2.24) is 10.6 Å². The molecule has 0 saturated carbocycles. The lowest BCUT2D eigenvalue weighted by molar-refractivity contribution is 0.0513. The molecular formula is C17H26N2O2. The summed E-state index contributed by atoms with van der Waals surface area (Å²) in [6.07, 6.45) is 0.739. The summed E-state index contributed by atoms with van der Waals surface area (Å²) in [7, 11) is 0. The first-order chi connectivity index (χ1) is 9.96. The second-order valence-corrected chi connectivity index (χ2v) is 6.65. The van der Waals surface area contributed by atoms with Crippen LogP contribution in [0.25, 0.3) is 0 Å². The zero-order valence-electron chi connectivity index (χ0n) is 13.2. The lowest BCUT2D eigenvalue weighted by atomic mass is 9.81. The lowest BCUT2D eigenvalue weighted by Crippen LogP contribution is -2.42. The van der Waals surface area contributed by atoms with E-state index >= 15 is 0 Å². The zero-order chi connectivity index (χ0) is 15.3. The molecule has 1 amide bonds. The number of nitrogens with one attached hydrogen (secondary N) is 2. The van der Waals surface area contributed by atoms with E-state index in [0.29, 0.717) is 18.4 Å². The first kappa shape index (κ1) is 15.8. The number of hydrogen-bond acceptors (Lipinski definition) is 3. The van der Waals surface area contributed by atoms with Crippen LogP contribution in [0.3, 0.4) is 0 Å². The maximum atomic E-state index is 11.8. The summed E-state index contributed by atoms with van der Waals surface area (Å²) >= 11 is 0. The van der Waals surface area contributed by atoms with E-state index in [4.69, 9.17) is 4.74 Å². The Balaban J connectivity index is 1.92. The highest BCUT2D eigenvalue weighted by Gasteiger charge is 2.27. The molecule has 0 spiro atoms. The minimum Gasteiger partial charge on any atom is -0.444 e. The molecule has 2 unspecified atom stereocenters. The van der Waals surface area contributed by atoms with E-state index in [-0.39, 0.29) is 6.09 Å². The molecule has 1 aromatic carbocycles. The molecule has 2 N–H and O–H groups in total. The van der Waals surface area contributed by atoms with Gasteiger partial charge in [-0.15, -0.1) is 0 Å². The number of carbonyl (C=O) groups excluding carboxylic acids is 1. The number of piperidine rings is 1. The third-order valence-electron chi connectivity index (χ3n) is 3.76. The van der Waals surface area contributed by atoms with Crippen LogP contribution in [-0.2, 0) is 4.74 Å². The maximum absolute atomic E-state index is 11.8. The molecule has 4 nitrogen and oxygen atoms in total. The van der Waals surface area contributed by atoms with Gasteiger partial charge >= 0.3 is 6.09 Å². The van der Waals surface area contributed by atoms with Crippen LogP contribution >= 0.6 is 0 Å². The van der Waals surface area contributed by atoms with E-state index in [9.17, 15) is 4.79 Å². The minimum atomic E-state index is -0.447. The number of ether oxygens (including phenoxy) is 1. The molecular weight excluding hydrogens is 264 g/mol. The summed E-state index contributed by atoms with van der Waals surface area (Å²) in [5.74, 6) is 0.885. The van der Waals surface area contributed by atoms with Gasteiger partial charge in [0, 0.05) is 19.0 Å². The van der Waals surface area contributed by atoms with Crippen molar-refractivity contribution in [3.63, 3.8) is 0 Å². The highest BCUT2D eigenvalue weighted by atomic mass is 16.6. The summed E-state index contributed by atoms with van der Waals surface area (Å²) < 4.78 is 5.30. The Morgan fingerprint density at radius 2 is 2.05 bits per heavy atom. The van der Waals surface area contributed by atoms with Gasteiger partial charge in [0.2, 0.25) is 0 Å². The predicted octanol–water partition coefficient (Wildman–Crippen LogP) is 2.90. The molecule has 116 valence electrons. The molecule has 2 rings (SSSR count). The zero-order valence-corrected chi connectivity index (χ0v) is 13.2. The SMILES string of the molecule is CC(C)(C)OC(=O)NCC1CCNCC1c1ccccc1. The third kappa shape index (κ3) is 5.05. The number of hydrogen-bond donors (Lipinski definition) is 2. The van der Waals surface area contributed by atoms with Crippen LogP contribution in [0.4, 0.5) is 4.79 Å². The third-order valence-corrected chi connectivity index (χ3v) is 3.76. The molecule has 1 saturated heterocycles.